The summed E-state index contributed by atoms with van der Waals surface area (Å²) in [4.78, 5) is 15.0. The minimum Gasteiger partial charge on any atom is -0.492 e. The first-order valence-electron chi connectivity index (χ1n) is 10.6. The van der Waals surface area contributed by atoms with Crippen LogP contribution in [0.2, 0.25) is 0 Å². The largest absolute Gasteiger partial charge is 0.492 e. The molecular formula is C23H31N3O4S. The van der Waals surface area contributed by atoms with Gasteiger partial charge in [-0.05, 0) is 55.8 Å². The molecular weight excluding hydrogens is 414 g/mol. The zero-order valence-electron chi connectivity index (χ0n) is 18.2. The number of hydrogen-bond donors (Lipinski definition) is 1. The predicted octanol–water partition coefficient (Wildman–Crippen LogP) is 2.34. The summed E-state index contributed by atoms with van der Waals surface area (Å²) in [5.41, 5.74) is 1.11. The molecule has 0 saturated carbocycles. The van der Waals surface area contributed by atoms with Gasteiger partial charge in [0.15, 0.2) is 0 Å². The zero-order valence-corrected chi connectivity index (χ0v) is 19.0. The molecule has 3 rings (SSSR count). The number of piperidine rings is 1. The fourth-order valence-corrected chi connectivity index (χ4v) is 4.46. The van der Waals surface area contributed by atoms with Gasteiger partial charge in [-0.2, -0.15) is 0 Å². The van der Waals surface area contributed by atoms with Crippen molar-refractivity contribution in [3.63, 3.8) is 0 Å². The Kier molecular flexibility index (Phi) is 8.06. The minimum absolute atomic E-state index is 0.0621. The maximum absolute atomic E-state index is 12.4. The van der Waals surface area contributed by atoms with Gasteiger partial charge in [-0.3, -0.25) is 9.69 Å². The summed E-state index contributed by atoms with van der Waals surface area (Å²) in [6.07, 6.45) is 1.69. The smallest absolute Gasteiger partial charge is 0.242 e. The monoisotopic (exact) mass is 445 g/mol. The van der Waals surface area contributed by atoms with Gasteiger partial charge in [-0.1, -0.05) is 30.3 Å². The summed E-state index contributed by atoms with van der Waals surface area (Å²) in [5.74, 6) is 0.840. The average Bonchev–Trinajstić information content (AvgIpc) is 2.79. The number of nitrogens with one attached hydrogen (secondary N) is 1. The van der Waals surface area contributed by atoms with Crippen molar-refractivity contribution in [1.82, 2.24) is 14.5 Å². The molecule has 0 aromatic heterocycles. The molecule has 0 radical (unpaired) electrons. The molecule has 0 bridgehead atoms. The van der Waals surface area contributed by atoms with Crippen LogP contribution in [0.4, 0.5) is 0 Å². The van der Waals surface area contributed by atoms with Crippen molar-refractivity contribution < 1.29 is 17.9 Å². The Morgan fingerprint density at radius 2 is 1.71 bits per heavy atom. The van der Waals surface area contributed by atoms with E-state index in [2.05, 4.69) is 10.2 Å². The lowest BCUT2D eigenvalue weighted by atomic mass is 9.96. The quantitative estimate of drug-likeness (QED) is 0.641. The number of nitrogens with zero attached hydrogens (tertiary/aromatic N) is 2. The third kappa shape index (κ3) is 6.53. The third-order valence-corrected chi connectivity index (χ3v) is 7.38. The van der Waals surface area contributed by atoms with E-state index in [-0.39, 0.29) is 16.7 Å². The van der Waals surface area contributed by atoms with Crippen LogP contribution in [-0.2, 0) is 21.4 Å². The Hall–Kier alpha value is -2.42. The van der Waals surface area contributed by atoms with Crippen LogP contribution >= 0.6 is 0 Å². The second-order valence-electron chi connectivity index (χ2n) is 7.93. The van der Waals surface area contributed by atoms with Gasteiger partial charge in [0, 0.05) is 33.1 Å². The molecule has 1 fully saturated rings. The number of sulfonamides is 1. The number of amides is 1. The molecule has 0 unspecified atom stereocenters. The van der Waals surface area contributed by atoms with E-state index in [9.17, 15) is 13.2 Å². The Labute approximate surface area is 185 Å². The van der Waals surface area contributed by atoms with Gasteiger partial charge < -0.3 is 10.1 Å². The third-order valence-electron chi connectivity index (χ3n) is 5.55. The lowest BCUT2D eigenvalue weighted by molar-refractivity contribution is -0.126. The number of hydrogen-bond acceptors (Lipinski definition) is 5. The maximum atomic E-state index is 12.4. The fourth-order valence-electron chi connectivity index (χ4n) is 3.56. The van der Waals surface area contributed by atoms with E-state index in [4.69, 9.17) is 4.74 Å². The minimum atomic E-state index is -3.43. The van der Waals surface area contributed by atoms with E-state index in [1.807, 2.05) is 30.3 Å². The number of likely N-dealkylation sites (tertiary alicyclic amines) is 1. The highest BCUT2D eigenvalue weighted by molar-refractivity contribution is 7.89. The Morgan fingerprint density at radius 1 is 1.06 bits per heavy atom. The molecule has 1 saturated heterocycles. The Balaban J connectivity index is 1.36. The molecule has 1 heterocycles. The molecule has 168 valence electrons. The predicted molar refractivity (Wildman–Crippen MR) is 120 cm³/mol. The summed E-state index contributed by atoms with van der Waals surface area (Å²) in [6.45, 7) is 3.60. The van der Waals surface area contributed by atoms with Crippen molar-refractivity contribution in [2.75, 3.05) is 40.3 Å². The van der Waals surface area contributed by atoms with Gasteiger partial charge in [0.1, 0.15) is 12.4 Å². The van der Waals surface area contributed by atoms with Gasteiger partial charge in [0.2, 0.25) is 15.9 Å². The molecule has 1 amide bonds. The summed E-state index contributed by atoms with van der Waals surface area (Å²) in [5, 5.41) is 3.04. The lowest BCUT2D eigenvalue weighted by Gasteiger charge is -2.31. The number of benzene rings is 2. The number of rotatable bonds is 9. The summed E-state index contributed by atoms with van der Waals surface area (Å²) >= 11 is 0. The van der Waals surface area contributed by atoms with Crippen molar-refractivity contribution in [1.29, 1.82) is 0 Å². The topological polar surface area (TPSA) is 79.0 Å². The number of carbonyl (C=O) groups is 1. The van der Waals surface area contributed by atoms with Crippen LogP contribution in [0.1, 0.15) is 18.4 Å². The highest BCUT2D eigenvalue weighted by atomic mass is 32.2. The van der Waals surface area contributed by atoms with Crippen LogP contribution in [0.25, 0.3) is 0 Å². The van der Waals surface area contributed by atoms with Crippen molar-refractivity contribution in [2.45, 2.75) is 24.3 Å². The first-order valence-corrected chi connectivity index (χ1v) is 12.0. The van der Waals surface area contributed by atoms with Crippen molar-refractivity contribution in [2.24, 2.45) is 5.92 Å². The van der Waals surface area contributed by atoms with E-state index in [0.29, 0.717) is 18.9 Å². The molecule has 0 spiro atoms. The molecule has 0 atom stereocenters. The highest BCUT2D eigenvalue weighted by Gasteiger charge is 2.24. The molecule has 8 heteroatoms. The van der Waals surface area contributed by atoms with Crippen LogP contribution in [0.15, 0.2) is 59.5 Å². The van der Waals surface area contributed by atoms with E-state index in [1.165, 1.54) is 18.4 Å². The summed E-state index contributed by atoms with van der Waals surface area (Å²) in [6, 6.07) is 16.4. The van der Waals surface area contributed by atoms with E-state index >= 15 is 0 Å². The van der Waals surface area contributed by atoms with Crippen molar-refractivity contribution in [3.05, 3.63) is 60.2 Å². The SMILES string of the molecule is CN(C)S(=O)(=O)c1ccc(OCCN2CCC(C(=O)NCc3ccccc3)CC2)cc1. The molecule has 2 aromatic carbocycles. The van der Waals surface area contributed by atoms with Crippen molar-refractivity contribution >= 4 is 15.9 Å². The fraction of sp³-hybridized carbons (Fsp3) is 0.435. The standard InChI is InChI=1S/C23H31N3O4S/c1-25(2)31(28,29)22-10-8-21(9-11-22)30-17-16-26-14-12-20(13-15-26)23(27)24-18-19-6-4-3-5-7-19/h3-11,20H,12-18H2,1-2H3,(H,24,27). The number of ether oxygens (including phenoxy) is 1. The highest BCUT2D eigenvalue weighted by Crippen LogP contribution is 2.19. The molecule has 1 N–H and O–H groups in total. The first kappa shape index (κ1) is 23.2. The van der Waals surface area contributed by atoms with Gasteiger partial charge in [-0.15, -0.1) is 0 Å². The van der Waals surface area contributed by atoms with Crippen LogP contribution in [0.3, 0.4) is 0 Å². The number of carbonyl (C=O) groups excluding carboxylic acids is 1. The average molecular weight is 446 g/mol. The molecule has 1 aliphatic rings. The maximum Gasteiger partial charge on any atom is 0.242 e. The van der Waals surface area contributed by atoms with Gasteiger partial charge in [0.05, 0.1) is 4.90 Å². The van der Waals surface area contributed by atoms with Crippen molar-refractivity contribution in [3.8, 4) is 5.75 Å². The van der Waals surface area contributed by atoms with Crippen LogP contribution in [0, 0.1) is 5.92 Å². The van der Waals surface area contributed by atoms with Crippen LogP contribution < -0.4 is 10.1 Å². The second-order valence-corrected chi connectivity index (χ2v) is 10.1. The first-order chi connectivity index (χ1) is 14.9. The Bertz CT molecular complexity index is 939. The van der Waals surface area contributed by atoms with Gasteiger partial charge >= 0.3 is 0 Å². The second kappa shape index (κ2) is 10.7. The normalized spacial score (nSPS) is 15.7. The molecule has 7 nitrogen and oxygen atoms in total. The molecule has 0 aliphatic carbocycles. The Morgan fingerprint density at radius 3 is 2.32 bits per heavy atom. The molecule has 1 aliphatic heterocycles. The molecule has 31 heavy (non-hydrogen) atoms. The van der Waals surface area contributed by atoms with E-state index in [1.54, 1.807) is 24.3 Å². The van der Waals surface area contributed by atoms with Gasteiger partial charge in [-0.25, -0.2) is 12.7 Å². The molecule has 2 aromatic rings. The van der Waals surface area contributed by atoms with E-state index in [0.717, 1.165) is 38.0 Å². The summed E-state index contributed by atoms with van der Waals surface area (Å²) in [7, 11) is -0.407. The van der Waals surface area contributed by atoms with Crippen LogP contribution in [-0.4, -0.2) is 63.9 Å². The lowest BCUT2D eigenvalue weighted by Crippen LogP contribution is -2.41. The zero-order chi connectivity index (χ0) is 22.3. The van der Waals surface area contributed by atoms with E-state index < -0.39 is 10.0 Å². The summed E-state index contributed by atoms with van der Waals surface area (Å²) < 4.78 is 31.2. The van der Waals surface area contributed by atoms with Gasteiger partial charge in [0.25, 0.3) is 0 Å². The van der Waals surface area contributed by atoms with Crippen LogP contribution in [0.5, 0.6) is 5.75 Å².